The van der Waals surface area contributed by atoms with Crippen molar-refractivity contribution in [2.75, 3.05) is 66.5 Å². The SMILES string of the molecule is C.CC(C)(C)[Si](C)(C)C.CCCCN(N)/C=C(\N)CN1CCC(C(=O)NC)(S(=O)(=O)c2ccc(Oc3ccc(OC(F)(F)F)cc3)cc2)CC1.CCCCN(N)/C=C(\N)CN1CCC(C(=O)NC)(S(=O)(=O)c2ccc(Oc3ccc(OC(F)(F)F)cc3)cc2)CC1. The number of carbonyl (C=O) groups excluding carboxylic acids is 2. The molecule has 20 nitrogen and oxygen atoms in total. The summed E-state index contributed by atoms with van der Waals surface area (Å²) in [4.78, 5) is 29.9. The number of amides is 2. The highest BCUT2D eigenvalue weighted by atomic mass is 32.2. The van der Waals surface area contributed by atoms with Gasteiger partial charge in [-0.1, -0.05) is 74.5 Å². The summed E-state index contributed by atoms with van der Waals surface area (Å²) in [6.07, 6.45) is -2.17. The molecular weight excluding hydrogens is 1250 g/mol. The molecule has 510 valence electrons. The number of nitrogens with zero attached hydrogens (tertiary/aromatic N) is 4. The summed E-state index contributed by atoms with van der Waals surface area (Å²) in [5.74, 6) is 10.9. The molecule has 2 heterocycles. The Labute approximate surface area is 534 Å². The zero-order chi connectivity index (χ0) is 67.5. The number of likely N-dealkylation sites (tertiary alicyclic amines) is 2. The maximum atomic E-state index is 13.8. The molecule has 91 heavy (non-hydrogen) atoms. The maximum Gasteiger partial charge on any atom is 0.573 e. The summed E-state index contributed by atoms with van der Waals surface area (Å²) in [6.45, 7) is 21.8. The highest BCUT2D eigenvalue weighted by Gasteiger charge is 2.54. The molecule has 0 atom stereocenters. The number of nitrogens with one attached hydrogen (secondary N) is 2. The lowest BCUT2D eigenvalue weighted by molar-refractivity contribution is -0.275. The Morgan fingerprint density at radius 3 is 1.03 bits per heavy atom. The molecule has 0 unspecified atom stereocenters. The van der Waals surface area contributed by atoms with E-state index in [0.717, 1.165) is 49.9 Å². The molecule has 0 radical (unpaired) electrons. The first-order chi connectivity index (χ1) is 41.8. The fourth-order valence-corrected chi connectivity index (χ4v) is 13.2. The van der Waals surface area contributed by atoms with Crippen LogP contribution in [0.3, 0.4) is 0 Å². The normalized spacial score (nSPS) is 15.8. The molecule has 10 N–H and O–H groups in total. The summed E-state index contributed by atoms with van der Waals surface area (Å²) >= 11 is 0. The Balaban J connectivity index is 0.000000420. The van der Waals surface area contributed by atoms with Crippen molar-refractivity contribution in [2.45, 2.75) is 150 Å². The van der Waals surface area contributed by atoms with Crippen molar-refractivity contribution in [3.63, 3.8) is 0 Å². The van der Waals surface area contributed by atoms with E-state index < -0.39 is 73.3 Å². The van der Waals surface area contributed by atoms with Crippen molar-refractivity contribution in [3.8, 4) is 34.5 Å². The maximum absolute atomic E-state index is 13.8. The van der Waals surface area contributed by atoms with Gasteiger partial charge in [0, 0.05) is 98.3 Å². The van der Waals surface area contributed by atoms with Gasteiger partial charge in [-0.05, 0) is 141 Å². The van der Waals surface area contributed by atoms with Crippen LogP contribution in [0.2, 0.25) is 24.7 Å². The smallest absolute Gasteiger partial charge is 0.457 e. The number of benzene rings is 4. The number of hydrazine groups is 2. The zero-order valence-corrected chi connectivity index (χ0v) is 55.6. The molecule has 0 aliphatic carbocycles. The van der Waals surface area contributed by atoms with Gasteiger partial charge in [0.1, 0.15) is 34.5 Å². The van der Waals surface area contributed by atoms with Crippen LogP contribution in [-0.2, 0) is 29.3 Å². The van der Waals surface area contributed by atoms with Gasteiger partial charge < -0.3 is 51.1 Å². The van der Waals surface area contributed by atoms with Crippen molar-refractivity contribution < 1.29 is 71.7 Å². The standard InChI is InChI=1S/2C27H36F3N5O5S.C7H18Si.CH4/c2*1-3-4-15-35(32)19-20(31)18-34-16-13-26(14-17-34,25(36)33-2)41(37,38)24-11-9-22(10-12-24)39-21-5-7-23(8-6-21)40-27(28,29)30;1-7(2,3)8(4,5)6;/h2*5-12,19H,3-4,13-18,31-32H2,1-2H3,(H,33,36);1-6H3;1H4/b2*20-19-;;. The molecule has 2 aliphatic rings. The predicted molar refractivity (Wildman–Crippen MR) is 345 cm³/mol. The topological polar surface area (TPSA) is 280 Å². The molecular formula is C62H94F6N10O10S2Si. The van der Waals surface area contributed by atoms with E-state index in [1.165, 1.54) is 96.9 Å². The van der Waals surface area contributed by atoms with Crippen LogP contribution >= 0.6 is 0 Å². The predicted octanol–water partition coefficient (Wildman–Crippen LogP) is 10.8. The lowest BCUT2D eigenvalue weighted by Crippen LogP contribution is -2.57. The zero-order valence-electron chi connectivity index (χ0n) is 53.0. The van der Waals surface area contributed by atoms with Crippen LogP contribution in [0.15, 0.2) is 131 Å². The number of rotatable bonds is 24. The summed E-state index contributed by atoms with van der Waals surface area (Å²) in [7, 11) is -6.29. The van der Waals surface area contributed by atoms with Gasteiger partial charge in [0.2, 0.25) is 11.8 Å². The first-order valence-electron chi connectivity index (χ1n) is 29.4. The van der Waals surface area contributed by atoms with Gasteiger partial charge in [-0.15, -0.1) is 26.3 Å². The van der Waals surface area contributed by atoms with Crippen molar-refractivity contribution in [1.82, 2.24) is 30.5 Å². The third kappa shape index (κ3) is 23.1. The molecule has 0 spiro atoms. The van der Waals surface area contributed by atoms with Gasteiger partial charge >= 0.3 is 12.7 Å². The lowest BCUT2D eigenvalue weighted by Gasteiger charge is -2.39. The first-order valence-corrected chi connectivity index (χ1v) is 35.9. The second kappa shape index (κ2) is 33.7. The number of piperidine rings is 2. The van der Waals surface area contributed by atoms with Crippen LogP contribution in [0.1, 0.15) is 93.4 Å². The average Bonchev–Trinajstić information content (AvgIpc) is 0.769. The van der Waals surface area contributed by atoms with Gasteiger partial charge in [0.15, 0.2) is 29.2 Å². The quantitative estimate of drug-likeness (QED) is 0.0165. The number of halogens is 6. The minimum Gasteiger partial charge on any atom is -0.457 e. The number of hydrogen-bond acceptors (Lipinski definition) is 18. The Morgan fingerprint density at radius 2 is 0.802 bits per heavy atom. The summed E-state index contributed by atoms with van der Waals surface area (Å²) in [6, 6.07) is 20.6. The average molecular weight is 1350 g/mol. The number of carbonyl (C=O) groups is 2. The van der Waals surface area contributed by atoms with Crippen LogP contribution in [0.4, 0.5) is 26.3 Å². The lowest BCUT2D eigenvalue weighted by atomic mass is 9.94. The minimum absolute atomic E-state index is 0. The van der Waals surface area contributed by atoms with Crippen LogP contribution in [0.25, 0.3) is 0 Å². The third-order valence-electron chi connectivity index (χ3n) is 15.8. The Bertz CT molecular complexity index is 2990. The number of sulfone groups is 2. The molecule has 2 saturated heterocycles. The van der Waals surface area contributed by atoms with E-state index in [1.54, 1.807) is 12.4 Å². The van der Waals surface area contributed by atoms with Gasteiger partial charge in [-0.2, -0.15) is 0 Å². The molecule has 0 aromatic heterocycles. The molecule has 4 aromatic rings. The van der Waals surface area contributed by atoms with E-state index in [2.05, 4.69) is 74.4 Å². The fraction of sp³-hybridized carbons (Fsp3) is 0.516. The number of nitrogens with two attached hydrogens (primary N) is 4. The van der Waals surface area contributed by atoms with E-state index in [4.69, 9.17) is 32.6 Å². The largest absolute Gasteiger partial charge is 0.573 e. The Hall–Kier alpha value is -6.76. The molecule has 6 rings (SSSR count). The number of alkyl halides is 6. The number of unbranched alkanes of at least 4 members (excludes halogenated alkanes) is 2. The summed E-state index contributed by atoms with van der Waals surface area (Å²) in [5, 5.41) is 8.67. The monoisotopic (exact) mass is 1340 g/mol. The third-order valence-corrected chi connectivity index (χ3v) is 25.3. The highest BCUT2D eigenvalue weighted by Crippen LogP contribution is 2.40. The van der Waals surface area contributed by atoms with E-state index in [9.17, 15) is 52.8 Å². The summed E-state index contributed by atoms with van der Waals surface area (Å²) in [5.41, 5.74) is 13.4. The molecule has 2 aliphatic heterocycles. The van der Waals surface area contributed by atoms with E-state index in [1.807, 2.05) is 9.80 Å². The molecule has 2 fully saturated rings. The second-order valence-corrected chi connectivity index (χ2v) is 34.5. The fourth-order valence-electron chi connectivity index (χ4n) is 9.19. The highest BCUT2D eigenvalue weighted by molar-refractivity contribution is 7.94. The minimum atomic E-state index is -4.81. The molecule has 29 heteroatoms. The summed E-state index contributed by atoms with van der Waals surface area (Å²) < 4.78 is 145. The molecule has 4 aromatic carbocycles. The van der Waals surface area contributed by atoms with E-state index >= 15 is 0 Å². The Morgan fingerprint density at radius 1 is 0.549 bits per heavy atom. The molecule has 0 bridgehead atoms. The van der Waals surface area contributed by atoms with E-state index in [0.29, 0.717) is 68.8 Å². The van der Waals surface area contributed by atoms with Crippen LogP contribution < -0.4 is 52.7 Å². The van der Waals surface area contributed by atoms with Crippen LogP contribution in [0, 0.1) is 0 Å². The first kappa shape index (κ1) is 78.5. The van der Waals surface area contributed by atoms with Crippen molar-refractivity contribution in [2.24, 2.45) is 23.2 Å². The van der Waals surface area contributed by atoms with Gasteiger partial charge in [-0.3, -0.25) is 19.4 Å². The molecule has 0 saturated carbocycles. The van der Waals surface area contributed by atoms with Crippen LogP contribution in [0.5, 0.6) is 34.5 Å². The van der Waals surface area contributed by atoms with Gasteiger partial charge in [-0.25, -0.2) is 28.5 Å². The van der Waals surface area contributed by atoms with Gasteiger partial charge in [0.25, 0.3) is 0 Å². The van der Waals surface area contributed by atoms with Crippen molar-refractivity contribution in [3.05, 3.63) is 121 Å². The van der Waals surface area contributed by atoms with Crippen molar-refractivity contribution >= 4 is 39.6 Å². The number of ether oxygens (including phenoxy) is 4. The van der Waals surface area contributed by atoms with E-state index in [-0.39, 0.29) is 65.9 Å². The molecule has 2 amide bonds. The Kier molecular flexibility index (Phi) is 29.1. The number of hydrogen-bond donors (Lipinski definition) is 6. The van der Waals surface area contributed by atoms with Crippen LogP contribution in [-0.4, -0.2) is 145 Å². The van der Waals surface area contributed by atoms with Gasteiger partial charge in [0.05, 0.1) is 9.79 Å². The second-order valence-electron chi connectivity index (χ2n) is 24.0. The van der Waals surface area contributed by atoms with Crippen molar-refractivity contribution in [1.29, 1.82) is 0 Å².